The number of carbonyl (C=O) groups excluding carboxylic acids is 1. The summed E-state index contributed by atoms with van der Waals surface area (Å²) in [5, 5.41) is 13.7. The number of hydrogen-bond donors (Lipinski definition) is 3. The Labute approximate surface area is 193 Å². The van der Waals surface area contributed by atoms with Crippen LogP contribution in [0, 0.1) is 29.6 Å². The van der Waals surface area contributed by atoms with Crippen molar-refractivity contribution in [2.24, 2.45) is 29.6 Å². The zero-order valence-corrected chi connectivity index (χ0v) is 20.4. The van der Waals surface area contributed by atoms with Gasteiger partial charge in [-0.3, -0.25) is 4.79 Å². The van der Waals surface area contributed by atoms with Crippen molar-refractivity contribution < 1.29 is 29.6 Å². The molecule has 5 aliphatic rings. The Bertz CT molecular complexity index is 688. The van der Waals surface area contributed by atoms with Gasteiger partial charge in [-0.25, -0.2) is 0 Å². The number of ether oxygens (including phenoxy) is 2. The van der Waals surface area contributed by atoms with Gasteiger partial charge < -0.3 is 29.7 Å². The molecule has 1 amide bonds. The Hall–Kier alpha value is -0.730. The van der Waals surface area contributed by atoms with Crippen molar-refractivity contribution >= 4 is 5.91 Å². The molecule has 7 nitrogen and oxygen atoms in total. The first kappa shape index (κ1) is 23.0. The maximum Gasteiger partial charge on any atom is 0.229 e. The van der Waals surface area contributed by atoms with E-state index in [-0.39, 0.29) is 30.3 Å². The lowest BCUT2D eigenvalue weighted by Crippen LogP contribution is -3.12. The van der Waals surface area contributed by atoms with E-state index >= 15 is 0 Å². The van der Waals surface area contributed by atoms with Gasteiger partial charge in [0, 0.05) is 38.5 Å². The van der Waals surface area contributed by atoms with E-state index in [1.54, 1.807) is 19.1 Å². The summed E-state index contributed by atoms with van der Waals surface area (Å²) in [6, 6.07) is 1.09. The normalized spacial score (nSPS) is 47.9. The van der Waals surface area contributed by atoms with E-state index in [0.717, 1.165) is 51.9 Å². The standard InChI is InChI=1S/C25H43N3O4/c1-5-27(6-2)13-16-18(29)9-8-17-20(16)15-11-12-26-22-14-7-10-19(31-3)24(32-4)21(14)25(30)28(17)23(15)22/h14-24,26,29H,5-13H2,1-4H3/p+2. The van der Waals surface area contributed by atoms with E-state index in [1.807, 2.05) is 0 Å². The average molecular weight is 452 g/mol. The highest BCUT2D eigenvalue weighted by Crippen LogP contribution is 2.54. The van der Waals surface area contributed by atoms with Crippen LogP contribution >= 0.6 is 0 Å². The molecule has 3 heterocycles. The second-order valence-corrected chi connectivity index (χ2v) is 11.1. The Morgan fingerprint density at radius 3 is 2.53 bits per heavy atom. The van der Waals surface area contributed by atoms with Gasteiger partial charge in [-0.2, -0.15) is 0 Å². The quantitative estimate of drug-likeness (QED) is 0.479. The zero-order chi connectivity index (χ0) is 22.6. The van der Waals surface area contributed by atoms with Crippen LogP contribution in [0.4, 0.5) is 0 Å². The third-order valence-corrected chi connectivity index (χ3v) is 10.2. The fourth-order valence-corrected chi connectivity index (χ4v) is 8.86. The molecule has 11 atom stereocenters. The van der Waals surface area contributed by atoms with Crippen LogP contribution in [0.3, 0.4) is 0 Å². The number of carbonyl (C=O) groups is 1. The summed E-state index contributed by atoms with van der Waals surface area (Å²) in [5.41, 5.74) is 0. The summed E-state index contributed by atoms with van der Waals surface area (Å²) >= 11 is 0. The van der Waals surface area contributed by atoms with Crippen LogP contribution in [0.15, 0.2) is 0 Å². The number of nitrogens with one attached hydrogen (secondary N) is 1. The Balaban J connectivity index is 1.50. The molecule has 2 aliphatic carbocycles. The minimum atomic E-state index is -0.225. The molecule has 0 radical (unpaired) electrons. The summed E-state index contributed by atoms with van der Waals surface area (Å²) in [6.45, 7) is 8.88. The molecule has 0 spiro atoms. The van der Waals surface area contributed by atoms with Gasteiger partial charge >= 0.3 is 0 Å². The lowest BCUT2D eigenvalue weighted by molar-refractivity contribution is -0.901. The summed E-state index contributed by atoms with van der Waals surface area (Å²) in [5.74, 6) is 1.89. The zero-order valence-electron chi connectivity index (χ0n) is 20.4. The van der Waals surface area contributed by atoms with E-state index in [4.69, 9.17) is 9.47 Å². The lowest BCUT2D eigenvalue weighted by atomic mass is 9.63. The largest absolute Gasteiger partial charge is 0.393 e. The molecule has 3 aliphatic heterocycles. The van der Waals surface area contributed by atoms with E-state index in [0.29, 0.717) is 41.7 Å². The molecule has 11 unspecified atom stereocenters. The number of nitrogens with two attached hydrogens (primary N) is 1. The number of quaternary nitrogens is 2. The average Bonchev–Trinajstić information content (AvgIpc) is 3.16. The van der Waals surface area contributed by atoms with Crippen LogP contribution in [-0.4, -0.2) is 92.7 Å². The van der Waals surface area contributed by atoms with Crippen LogP contribution in [0.1, 0.15) is 46.0 Å². The molecular weight excluding hydrogens is 406 g/mol. The number of methoxy groups -OCH3 is 2. The second-order valence-electron chi connectivity index (χ2n) is 11.1. The molecule has 5 fully saturated rings. The summed E-state index contributed by atoms with van der Waals surface area (Å²) in [7, 11) is 3.50. The molecule has 7 heteroatoms. The maximum atomic E-state index is 14.2. The first-order valence-electron chi connectivity index (χ1n) is 13.3. The van der Waals surface area contributed by atoms with E-state index in [9.17, 15) is 9.90 Å². The maximum absolute atomic E-state index is 14.2. The Kier molecular flexibility index (Phi) is 6.58. The predicted molar refractivity (Wildman–Crippen MR) is 120 cm³/mol. The summed E-state index contributed by atoms with van der Waals surface area (Å²) in [4.78, 5) is 18.1. The summed E-state index contributed by atoms with van der Waals surface area (Å²) in [6.07, 6.45) is 4.61. The molecule has 0 aromatic carbocycles. The first-order valence-corrected chi connectivity index (χ1v) is 13.3. The SMILES string of the molecule is CC[NH+](CC)CC1C(O)CCC2C1C1CC[NH2+]C3C4CCC(OC)C(OC)C4C(=O)N2C13. The molecule has 0 aromatic heterocycles. The Morgan fingerprint density at radius 2 is 1.84 bits per heavy atom. The van der Waals surface area contributed by atoms with Crippen LogP contribution in [0.25, 0.3) is 0 Å². The predicted octanol–water partition coefficient (Wildman–Crippen LogP) is -1.10. The number of nitrogens with zero attached hydrogens (tertiary/aromatic N) is 1. The van der Waals surface area contributed by atoms with Crippen molar-refractivity contribution in [2.45, 2.75) is 82.4 Å². The third kappa shape index (κ3) is 3.37. The molecule has 0 bridgehead atoms. The molecule has 0 aromatic rings. The minimum Gasteiger partial charge on any atom is -0.393 e. The van der Waals surface area contributed by atoms with E-state index in [1.165, 1.54) is 6.42 Å². The number of aliphatic hydroxyl groups is 1. The smallest absolute Gasteiger partial charge is 0.229 e. The van der Waals surface area contributed by atoms with Crippen molar-refractivity contribution in [1.29, 1.82) is 0 Å². The molecule has 2 saturated carbocycles. The number of fused-ring (bicyclic) bond motifs is 5. The number of hydrogen-bond acceptors (Lipinski definition) is 4. The van der Waals surface area contributed by atoms with Crippen molar-refractivity contribution in [3.63, 3.8) is 0 Å². The topological polar surface area (TPSA) is 80.0 Å². The van der Waals surface area contributed by atoms with Crippen molar-refractivity contribution in [1.82, 2.24) is 4.90 Å². The fourth-order valence-electron chi connectivity index (χ4n) is 8.86. The number of rotatable bonds is 6. The lowest BCUT2D eigenvalue weighted by Gasteiger charge is -2.53. The highest BCUT2D eigenvalue weighted by molar-refractivity contribution is 5.82. The molecule has 4 N–H and O–H groups in total. The van der Waals surface area contributed by atoms with Crippen molar-refractivity contribution in [3.05, 3.63) is 0 Å². The third-order valence-electron chi connectivity index (χ3n) is 10.2. The van der Waals surface area contributed by atoms with Crippen molar-refractivity contribution in [2.75, 3.05) is 40.4 Å². The highest BCUT2D eigenvalue weighted by Gasteiger charge is 2.67. The van der Waals surface area contributed by atoms with Crippen molar-refractivity contribution in [3.8, 4) is 0 Å². The number of piperidine rings is 2. The molecule has 5 rings (SSSR count). The van der Waals surface area contributed by atoms with E-state index < -0.39 is 0 Å². The van der Waals surface area contributed by atoms with Crippen LogP contribution in [0.5, 0.6) is 0 Å². The van der Waals surface area contributed by atoms with Gasteiger partial charge in [-0.15, -0.1) is 0 Å². The summed E-state index contributed by atoms with van der Waals surface area (Å²) < 4.78 is 11.7. The number of amides is 1. The van der Waals surface area contributed by atoms with Gasteiger partial charge in [0.25, 0.3) is 0 Å². The van der Waals surface area contributed by atoms with Gasteiger partial charge in [0.1, 0.15) is 6.04 Å². The monoisotopic (exact) mass is 451 g/mol. The van der Waals surface area contributed by atoms with Gasteiger partial charge in [0.15, 0.2) is 0 Å². The molecule has 182 valence electrons. The van der Waals surface area contributed by atoms with Crippen LogP contribution < -0.4 is 10.2 Å². The van der Waals surface area contributed by atoms with Gasteiger partial charge in [-0.05, 0) is 51.4 Å². The highest BCUT2D eigenvalue weighted by atomic mass is 16.5. The fraction of sp³-hybridized carbons (Fsp3) is 0.960. The van der Waals surface area contributed by atoms with E-state index in [2.05, 4.69) is 24.1 Å². The van der Waals surface area contributed by atoms with Gasteiger partial charge in [0.05, 0.1) is 56.5 Å². The van der Waals surface area contributed by atoms with Crippen LogP contribution in [0.2, 0.25) is 0 Å². The molecule has 32 heavy (non-hydrogen) atoms. The van der Waals surface area contributed by atoms with Gasteiger partial charge in [0.2, 0.25) is 5.91 Å². The van der Waals surface area contributed by atoms with Gasteiger partial charge in [-0.1, -0.05) is 0 Å². The first-order chi connectivity index (χ1) is 15.5. The molecular formula is C25H45N3O4+2. The minimum absolute atomic E-state index is 0.00623. The number of aliphatic hydroxyl groups excluding tert-OH is 1. The Morgan fingerprint density at radius 1 is 1.06 bits per heavy atom. The second kappa shape index (κ2) is 9.14. The molecule has 3 saturated heterocycles. The van der Waals surface area contributed by atoms with Crippen LogP contribution in [-0.2, 0) is 14.3 Å².